The molecule has 2 aromatic carbocycles. The Bertz CT molecular complexity index is 695. The minimum absolute atomic E-state index is 0.00347. The summed E-state index contributed by atoms with van der Waals surface area (Å²) in [5.41, 5.74) is 1.76. The Balaban J connectivity index is 2.33. The molecule has 0 spiro atoms. The first-order chi connectivity index (χ1) is 10.9. The van der Waals surface area contributed by atoms with Crippen molar-refractivity contribution in [2.24, 2.45) is 0 Å². The molecule has 0 radical (unpaired) electrons. The number of para-hydroxylation sites is 1. The Hall–Kier alpha value is -2.36. The number of aliphatic carboxylic acids is 1. The summed E-state index contributed by atoms with van der Waals surface area (Å²) >= 11 is 0. The third-order valence-corrected chi connectivity index (χ3v) is 3.66. The van der Waals surface area contributed by atoms with Gasteiger partial charge in [-0.15, -0.1) is 0 Å². The fourth-order valence-electron chi connectivity index (χ4n) is 2.43. The standard InChI is InChI=1S/C19H21FO3/c1-12(2)23-18-7-5-4-6-15(18)10-16(19(21)22)14-9-8-13(3)17(20)11-14/h4-9,11-12,16H,10H2,1-3H3,(H,21,22). The summed E-state index contributed by atoms with van der Waals surface area (Å²) in [6, 6.07) is 11.9. The minimum atomic E-state index is -0.979. The van der Waals surface area contributed by atoms with Gasteiger partial charge < -0.3 is 9.84 Å². The first-order valence-electron chi connectivity index (χ1n) is 7.62. The average molecular weight is 316 g/mol. The van der Waals surface area contributed by atoms with Gasteiger partial charge >= 0.3 is 5.97 Å². The van der Waals surface area contributed by atoms with Crippen molar-refractivity contribution in [3.05, 3.63) is 65.0 Å². The van der Waals surface area contributed by atoms with Crippen LogP contribution in [0.3, 0.4) is 0 Å². The number of rotatable bonds is 6. The van der Waals surface area contributed by atoms with Gasteiger partial charge in [-0.2, -0.15) is 0 Å². The highest BCUT2D eigenvalue weighted by atomic mass is 19.1. The molecule has 0 amide bonds. The van der Waals surface area contributed by atoms with Crippen LogP contribution in [-0.2, 0) is 11.2 Å². The first-order valence-corrected chi connectivity index (χ1v) is 7.62. The molecule has 2 rings (SSSR count). The molecule has 0 heterocycles. The van der Waals surface area contributed by atoms with Gasteiger partial charge in [-0.1, -0.05) is 30.3 Å². The van der Waals surface area contributed by atoms with Crippen LogP contribution in [0.15, 0.2) is 42.5 Å². The van der Waals surface area contributed by atoms with E-state index in [1.54, 1.807) is 19.1 Å². The summed E-state index contributed by atoms with van der Waals surface area (Å²) < 4.78 is 19.5. The fourth-order valence-corrected chi connectivity index (χ4v) is 2.43. The van der Waals surface area contributed by atoms with Crippen LogP contribution >= 0.6 is 0 Å². The average Bonchev–Trinajstić information content (AvgIpc) is 2.48. The van der Waals surface area contributed by atoms with Gasteiger partial charge in [0.05, 0.1) is 12.0 Å². The van der Waals surface area contributed by atoms with Crippen LogP contribution in [-0.4, -0.2) is 17.2 Å². The summed E-state index contributed by atoms with van der Waals surface area (Å²) in [6.07, 6.45) is 0.247. The lowest BCUT2D eigenvalue weighted by Crippen LogP contribution is -2.16. The predicted octanol–water partition coefficient (Wildman–Crippen LogP) is 4.33. The number of benzene rings is 2. The minimum Gasteiger partial charge on any atom is -0.491 e. The lowest BCUT2D eigenvalue weighted by Gasteiger charge is -2.18. The normalized spacial score (nSPS) is 12.2. The largest absolute Gasteiger partial charge is 0.491 e. The highest BCUT2D eigenvalue weighted by Gasteiger charge is 2.23. The van der Waals surface area contributed by atoms with E-state index in [2.05, 4.69) is 0 Å². The van der Waals surface area contributed by atoms with Crippen molar-refractivity contribution in [1.29, 1.82) is 0 Å². The number of carboxylic acid groups (broad SMARTS) is 1. The molecule has 1 atom stereocenters. The third kappa shape index (κ3) is 4.31. The van der Waals surface area contributed by atoms with E-state index >= 15 is 0 Å². The SMILES string of the molecule is Cc1ccc(C(Cc2ccccc2OC(C)C)C(=O)O)cc1F. The van der Waals surface area contributed by atoms with E-state index < -0.39 is 11.9 Å². The molecule has 0 aliphatic carbocycles. The van der Waals surface area contributed by atoms with Gasteiger partial charge in [-0.3, -0.25) is 4.79 Å². The molecule has 2 aromatic rings. The van der Waals surface area contributed by atoms with Gasteiger partial charge in [0.1, 0.15) is 11.6 Å². The summed E-state index contributed by atoms with van der Waals surface area (Å²) in [5, 5.41) is 9.56. The van der Waals surface area contributed by atoms with Gasteiger partial charge in [-0.05, 0) is 56.0 Å². The maximum atomic E-state index is 13.8. The van der Waals surface area contributed by atoms with Gasteiger partial charge in [-0.25, -0.2) is 4.39 Å². The number of carbonyl (C=O) groups is 1. The second-order valence-corrected chi connectivity index (χ2v) is 5.88. The molecule has 1 N–H and O–H groups in total. The Kier molecular flexibility index (Phi) is 5.37. The molecule has 3 nitrogen and oxygen atoms in total. The van der Waals surface area contributed by atoms with E-state index in [9.17, 15) is 14.3 Å². The van der Waals surface area contributed by atoms with E-state index in [-0.39, 0.29) is 18.3 Å². The number of carboxylic acids is 1. The van der Waals surface area contributed by atoms with Crippen molar-refractivity contribution in [3.63, 3.8) is 0 Å². The van der Waals surface area contributed by atoms with Crippen molar-refractivity contribution < 1.29 is 19.0 Å². The zero-order valence-electron chi connectivity index (χ0n) is 13.5. The third-order valence-electron chi connectivity index (χ3n) is 3.66. The van der Waals surface area contributed by atoms with Crippen LogP contribution in [0.1, 0.15) is 36.5 Å². The van der Waals surface area contributed by atoms with Crippen molar-refractivity contribution in [3.8, 4) is 5.75 Å². The number of halogens is 1. The zero-order valence-corrected chi connectivity index (χ0v) is 13.5. The lowest BCUT2D eigenvalue weighted by molar-refractivity contribution is -0.138. The van der Waals surface area contributed by atoms with Gasteiger partial charge in [0.15, 0.2) is 0 Å². The molecule has 0 aromatic heterocycles. The smallest absolute Gasteiger partial charge is 0.311 e. The predicted molar refractivity (Wildman–Crippen MR) is 87.4 cm³/mol. The molecule has 0 fully saturated rings. The number of ether oxygens (including phenoxy) is 1. The molecule has 23 heavy (non-hydrogen) atoms. The first kappa shape index (κ1) is 17.0. The van der Waals surface area contributed by atoms with Crippen LogP contribution in [0.2, 0.25) is 0 Å². The van der Waals surface area contributed by atoms with Gasteiger partial charge in [0, 0.05) is 0 Å². The summed E-state index contributed by atoms with van der Waals surface area (Å²) in [5.74, 6) is -1.52. The molecule has 1 unspecified atom stereocenters. The van der Waals surface area contributed by atoms with Crippen LogP contribution < -0.4 is 4.74 Å². The number of hydrogen-bond acceptors (Lipinski definition) is 2. The van der Waals surface area contributed by atoms with Crippen LogP contribution in [0.25, 0.3) is 0 Å². The summed E-state index contributed by atoms with van der Waals surface area (Å²) in [4.78, 5) is 11.7. The molecule has 0 saturated carbocycles. The van der Waals surface area contributed by atoms with Crippen molar-refractivity contribution in [1.82, 2.24) is 0 Å². The molecule has 0 aliphatic rings. The Labute approximate surface area is 135 Å². The van der Waals surface area contributed by atoms with Crippen molar-refractivity contribution >= 4 is 5.97 Å². The fraction of sp³-hybridized carbons (Fsp3) is 0.316. The van der Waals surface area contributed by atoms with E-state index in [0.717, 1.165) is 5.56 Å². The van der Waals surface area contributed by atoms with Crippen molar-refractivity contribution in [2.75, 3.05) is 0 Å². The molecule has 122 valence electrons. The molecule has 0 aliphatic heterocycles. The van der Waals surface area contributed by atoms with E-state index in [1.807, 2.05) is 38.1 Å². The Morgan fingerprint density at radius 1 is 1.22 bits per heavy atom. The summed E-state index contributed by atoms with van der Waals surface area (Å²) in [7, 11) is 0. The Morgan fingerprint density at radius 2 is 1.91 bits per heavy atom. The molecular formula is C19H21FO3. The van der Waals surface area contributed by atoms with Crippen LogP contribution in [0.5, 0.6) is 5.75 Å². The second-order valence-electron chi connectivity index (χ2n) is 5.88. The molecule has 0 bridgehead atoms. The Morgan fingerprint density at radius 3 is 2.52 bits per heavy atom. The van der Waals surface area contributed by atoms with Gasteiger partial charge in [0.25, 0.3) is 0 Å². The van der Waals surface area contributed by atoms with E-state index in [0.29, 0.717) is 16.9 Å². The quantitative estimate of drug-likeness (QED) is 0.862. The monoisotopic (exact) mass is 316 g/mol. The van der Waals surface area contributed by atoms with Gasteiger partial charge in [0.2, 0.25) is 0 Å². The molecule has 4 heteroatoms. The molecular weight excluding hydrogens is 295 g/mol. The highest BCUT2D eigenvalue weighted by molar-refractivity contribution is 5.76. The number of hydrogen-bond donors (Lipinski definition) is 1. The second kappa shape index (κ2) is 7.27. The maximum Gasteiger partial charge on any atom is 0.311 e. The maximum absolute atomic E-state index is 13.8. The summed E-state index contributed by atoms with van der Waals surface area (Å²) in [6.45, 7) is 5.49. The zero-order chi connectivity index (χ0) is 17.0. The molecule has 0 saturated heterocycles. The highest BCUT2D eigenvalue weighted by Crippen LogP contribution is 2.28. The number of aryl methyl sites for hydroxylation is 1. The van der Waals surface area contributed by atoms with Crippen LogP contribution in [0, 0.1) is 12.7 Å². The van der Waals surface area contributed by atoms with Crippen molar-refractivity contribution in [2.45, 2.75) is 39.2 Å². The van der Waals surface area contributed by atoms with E-state index in [4.69, 9.17) is 4.74 Å². The topological polar surface area (TPSA) is 46.5 Å². The lowest BCUT2D eigenvalue weighted by atomic mass is 9.91. The van der Waals surface area contributed by atoms with Crippen LogP contribution in [0.4, 0.5) is 4.39 Å². The van der Waals surface area contributed by atoms with E-state index in [1.165, 1.54) is 6.07 Å².